The molecule has 1 aromatic rings. The smallest absolute Gasteiger partial charge is 0.381 e. The third-order valence-electron chi connectivity index (χ3n) is 3.32. The second-order valence-corrected chi connectivity index (χ2v) is 4.85. The Labute approximate surface area is 115 Å². The lowest BCUT2D eigenvalue weighted by Gasteiger charge is -2.21. The number of carbonyl (C=O) groups excluding carboxylic acids is 1. The van der Waals surface area contributed by atoms with Crippen LogP contribution in [0.5, 0.6) is 0 Å². The van der Waals surface area contributed by atoms with Crippen molar-refractivity contribution in [1.29, 1.82) is 0 Å². The monoisotopic (exact) mass is 287 g/mol. The summed E-state index contributed by atoms with van der Waals surface area (Å²) in [6.45, 7) is 1.22. The van der Waals surface area contributed by atoms with Crippen LogP contribution in [-0.4, -0.2) is 19.1 Å². The van der Waals surface area contributed by atoms with Crippen molar-refractivity contribution in [3.05, 3.63) is 29.8 Å². The van der Waals surface area contributed by atoms with E-state index < -0.39 is 11.7 Å². The summed E-state index contributed by atoms with van der Waals surface area (Å²) in [5.41, 5.74) is -1.00. The van der Waals surface area contributed by atoms with Gasteiger partial charge in [-0.05, 0) is 30.9 Å². The van der Waals surface area contributed by atoms with Gasteiger partial charge in [-0.25, -0.2) is 0 Å². The molecule has 0 bridgehead atoms. The van der Waals surface area contributed by atoms with Gasteiger partial charge in [0.25, 0.3) is 0 Å². The van der Waals surface area contributed by atoms with Crippen LogP contribution in [0.2, 0.25) is 0 Å². The zero-order chi connectivity index (χ0) is 14.6. The minimum Gasteiger partial charge on any atom is -0.381 e. The Kier molecular flexibility index (Phi) is 4.65. The second kappa shape index (κ2) is 6.26. The number of nitrogens with one attached hydrogen (secondary N) is 1. The van der Waals surface area contributed by atoms with Crippen LogP contribution in [-0.2, 0) is 15.7 Å². The fraction of sp³-hybridized carbons (Fsp3) is 0.500. The maximum Gasteiger partial charge on any atom is 0.418 e. The Morgan fingerprint density at radius 3 is 2.55 bits per heavy atom. The molecule has 1 aliphatic rings. The van der Waals surface area contributed by atoms with Crippen molar-refractivity contribution in [3.63, 3.8) is 0 Å². The van der Waals surface area contributed by atoms with Gasteiger partial charge in [0.05, 0.1) is 11.3 Å². The minimum absolute atomic E-state index is 0.182. The third kappa shape index (κ3) is 3.96. The van der Waals surface area contributed by atoms with Gasteiger partial charge < -0.3 is 10.1 Å². The van der Waals surface area contributed by atoms with Gasteiger partial charge >= 0.3 is 6.18 Å². The van der Waals surface area contributed by atoms with Gasteiger partial charge in [-0.15, -0.1) is 0 Å². The first kappa shape index (κ1) is 14.8. The number of rotatable bonds is 3. The predicted octanol–water partition coefficient (Wildman–Crippen LogP) is 3.46. The lowest BCUT2D eigenvalue weighted by atomic mass is 9.96. The molecule has 3 nitrogen and oxygen atoms in total. The van der Waals surface area contributed by atoms with Crippen LogP contribution in [0, 0.1) is 5.92 Å². The first-order valence-electron chi connectivity index (χ1n) is 6.50. The third-order valence-corrected chi connectivity index (χ3v) is 3.32. The molecular formula is C14H16F3NO2. The SMILES string of the molecule is O=C(CC1CCOCC1)Nc1ccccc1C(F)(F)F. The molecule has 0 aliphatic carbocycles. The Balaban J connectivity index is 2.00. The highest BCUT2D eigenvalue weighted by Crippen LogP contribution is 2.34. The van der Waals surface area contributed by atoms with Gasteiger partial charge in [-0.3, -0.25) is 4.79 Å². The summed E-state index contributed by atoms with van der Waals surface area (Å²) in [5, 5.41) is 2.36. The normalized spacial score (nSPS) is 16.9. The molecule has 0 spiro atoms. The molecule has 6 heteroatoms. The van der Waals surface area contributed by atoms with Gasteiger partial charge in [0, 0.05) is 19.6 Å². The number of hydrogen-bond donors (Lipinski definition) is 1. The highest BCUT2D eigenvalue weighted by atomic mass is 19.4. The quantitative estimate of drug-likeness (QED) is 0.924. The van der Waals surface area contributed by atoms with Crippen molar-refractivity contribution < 1.29 is 22.7 Å². The van der Waals surface area contributed by atoms with E-state index >= 15 is 0 Å². The molecule has 1 saturated heterocycles. The Bertz CT molecular complexity index is 468. The highest BCUT2D eigenvalue weighted by Gasteiger charge is 2.33. The van der Waals surface area contributed by atoms with Crippen molar-refractivity contribution in [2.45, 2.75) is 25.4 Å². The van der Waals surface area contributed by atoms with Gasteiger partial charge in [0.1, 0.15) is 0 Å². The van der Waals surface area contributed by atoms with E-state index in [9.17, 15) is 18.0 Å². The van der Waals surface area contributed by atoms with E-state index in [-0.39, 0.29) is 23.9 Å². The fourth-order valence-corrected chi connectivity index (χ4v) is 2.25. The first-order chi connectivity index (χ1) is 9.47. The molecule has 1 amide bonds. The number of alkyl halides is 3. The summed E-state index contributed by atoms with van der Waals surface area (Å²) >= 11 is 0. The largest absolute Gasteiger partial charge is 0.418 e. The van der Waals surface area contributed by atoms with Crippen LogP contribution >= 0.6 is 0 Å². The van der Waals surface area contributed by atoms with E-state index in [2.05, 4.69) is 5.32 Å². The molecule has 0 aromatic heterocycles. The summed E-state index contributed by atoms with van der Waals surface area (Å²) in [6, 6.07) is 5.00. The van der Waals surface area contributed by atoms with Crippen LogP contribution in [0.25, 0.3) is 0 Å². The zero-order valence-corrected chi connectivity index (χ0v) is 10.9. The van der Waals surface area contributed by atoms with Gasteiger partial charge in [0.15, 0.2) is 0 Å². The van der Waals surface area contributed by atoms with Crippen LogP contribution in [0.15, 0.2) is 24.3 Å². The maximum absolute atomic E-state index is 12.8. The number of para-hydroxylation sites is 1. The number of amides is 1. The van der Waals surface area contributed by atoms with Crippen molar-refractivity contribution >= 4 is 11.6 Å². The molecule has 0 atom stereocenters. The van der Waals surface area contributed by atoms with Gasteiger partial charge in [-0.1, -0.05) is 12.1 Å². The van der Waals surface area contributed by atoms with Gasteiger partial charge in [-0.2, -0.15) is 13.2 Å². The number of hydrogen-bond acceptors (Lipinski definition) is 2. The first-order valence-corrected chi connectivity index (χ1v) is 6.50. The van der Waals surface area contributed by atoms with Crippen LogP contribution in [0.1, 0.15) is 24.8 Å². The van der Waals surface area contributed by atoms with Crippen molar-refractivity contribution in [3.8, 4) is 0 Å². The molecule has 0 radical (unpaired) electrons. The number of anilines is 1. The topological polar surface area (TPSA) is 38.3 Å². The summed E-state index contributed by atoms with van der Waals surface area (Å²) in [4.78, 5) is 11.8. The summed E-state index contributed by atoms with van der Waals surface area (Å²) in [5.74, 6) is -0.199. The molecule has 1 heterocycles. The summed E-state index contributed by atoms with van der Waals surface area (Å²) in [6.07, 6.45) is -2.69. The Hall–Kier alpha value is -1.56. The predicted molar refractivity (Wildman–Crippen MR) is 68.2 cm³/mol. The summed E-state index contributed by atoms with van der Waals surface area (Å²) < 4.78 is 43.6. The lowest BCUT2D eigenvalue weighted by Crippen LogP contribution is -2.23. The Morgan fingerprint density at radius 2 is 1.90 bits per heavy atom. The van der Waals surface area contributed by atoms with E-state index in [1.165, 1.54) is 18.2 Å². The average molecular weight is 287 g/mol. The standard InChI is InChI=1S/C14H16F3NO2/c15-14(16,17)11-3-1-2-4-12(11)18-13(19)9-10-5-7-20-8-6-10/h1-4,10H,5-9H2,(H,18,19). The fourth-order valence-electron chi connectivity index (χ4n) is 2.25. The molecule has 0 unspecified atom stereocenters. The molecule has 1 aliphatic heterocycles. The van der Waals surface area contributed by atoms with E-state index in [1.807, 2.05) is 0 Å². The van der Waals surface area contributed by atoms with Crippen molar-refractivity contribution in [2.75, 3.05) is 18.5 Å². The molecule has 2 rings (SSSR count). The highest BCUT2D eigenvalue weighted by molar-refractivity contribution is 5.91. The van der Waals surface area contributed by atoms with Crippen LogP contribution < -0.4 is 5.32 Å². The van der Waals surface area contributed by atoms with E-state index in [0.29, 0.717) is 13.2 Å². The number of halogens is 3. The Morgan fingerprint density at radius 1 is 1.25 bits per heavy atom. The average Bonchev–Trinajstić information content (AvgIpc) is 2.39. The molecule has 1 fully saturated rings. The van der Waals surface area contributed by atoms with E-state index in [1.54, 1.807) is 0 Å². The maximum atomic E-state index is 12.8. The summed E-state index contributed by atoms with van der Waals surface area (Å²) in [7, 11) is 0. The van der Waals surface area contributed by atoms with E-state index in [0.717, 1.165) is 18.9 Å². The van der Waals surface area contributed by atoms with Crippen molar-refractivity contribution in [1.82, 2.24) is 0 Å². The number of ether oxygens (including phenoxy) is 1. The minimum atomic E-state index is -4.47. The molecule has 0 saturated carbocycles. The van der Waals surface area contributed by atoms with E-state index in [4.69, 9.17) is 4.74 Å². The van der Waals surface area contributed by atoms with Crippen LogP contribution in [0.3, 0.4) is 0 Å². The molecule has 1 aromatic carbocycles. The van der Waals surface area contributed by atoms with Crippen molar-refractivity contribution in [2.24, 2.45) is 5.92 Å². The molecular weight excluding hydrogens is 271 g/mol. The number of benzene rings is 1. The number of carbonyl (C=O) groups is 1. The van der Waals surface area contributed by atoms with Crippen LogP contribution in [0.4, 0.5) is 18.9 Å². The lowest BCUT2D eigenvalue weighted by molar-refractivity contribution is -0.137. The second-order valence-electron chi connectivity index (χ2n) is 4.85. The molecule has 110 valence electrons. The molecule has 1 N–H and O–H groups in total. The molecule has 20 heavy (non-hydrogen) atoms. The van der Waals surface area contributed by atoms with Gasteiger partial charge in [0.2, 0.25) is 5.91 Å². The zero-order valence-electron chi connectivity index (χ0n) is 10.9.